The van der Waals surface area contributed by atoms with Gasteiger partial charge in [-0.1, -0.05) is 29.8 Å². The van der Waals surface area contributed by atoms with Gasteiger partial charge in [0.25, 0.3) is 0 Å². The predicted molar refractivity (Wildman–Crippen MR) is 79.6 cm³/mol. The Morgan fingerprint density at radius 1 is 1.20 bits per heavy atom. The zero-order valence-corrected chi connectivity index (χ0v) is 11.9. The third-order valence-corrected chi connectivity index (χ3v) is 2.41. The second-order valence-corrected chi connectivity index (χ2v) is 4.21. The number of nitrogens with one attached hydrogen (secondary N) is 3. The van der Waals surface area contributed by atoms with Crippen LogP contribution < -0.4 is 16.2 Å². The van der Waals surface area contributed by atoms with E-state index in [1.54, 1.807) is 6.08 Å². The number of rotatable bonds is 2. The largest absolute Gasteiger partial charge is 0.452 e. The molecule has 7 heteroatoms. The van der Waals surface area contributed by atoms with E-state index in [9.17, 15) is 9.59 Å². The Hall–Kier alpha value is -2.41. The Balaban J connectivity index is 2.41. The van der Waals surface area contributed by atoms with E-state index in [1.165, 1.54) is 13.2 Å². The van der Waals surface area contributed by atoms with Crippen molar-refractivity contribution in [1.29, 1.82) is 0 Å². The first-order chi connectivity index (χ1) is 9.51. The fourth-order valence-corrected chi connectivity index (χ4v) is 1.34. The van der Waals surface area contributed by atoms with Gasteiger partial charge in [0.1, 0.15) is 0 Å². The quantitative estimate of drug-likeness (QED) is 0.435. The van der Waals surface area contributed by atoms with Crippen molar-refractivity contribution in [2.45, 2.75) is 6.92 Å². The highest BCUT2D eigenvalue weighted by Crippen LogP contribution is 2.04. The highest BCUT2D eigenvalue weighted by molar-refractivity contribution is 7.80. The zero-order chi connectivity index (χ0) is 15.0. The lowest BCUT2D eigenvalue weighted by atomic mass is 10.1. The van der Waals surface area contributed by atoms with Gasteiger partial charge in [-0.05, 0) is 30.8 Å². The maximum atomic E-state index is 11.5. The number of aryl methyl sites for hydroxylation is 1. The molecule has 106 valence electrons. The van der Waals surface area contributed by atoms with Crippen molar-refractivity contribution >= 4 is 35.4 Å². The number of methoxy groups -OCH3 is 1. The molecule has 1 aromatic carbocycles. The van der Waals surface area contributed by atoms with E-state index in [0.717, 1.165) is 11.1 Å². The minimum atomic E-state index is -0.711. The number of benzene rings is 1. The molecule has 2 amide bonds. The van der Waals surface area contributed by atoms with E-state index in [2.05, 4.69) is 20.9 Å². The van der Waals surface area contributed by atoms with Crippen LogP contribution in [0.3, 0.4) is 0 Å². The van der Waals surface area contributed by atoms with Crippen LogP contribution in [0.5, 0.6) is 0 Å². The molecule has 0 aliphatic carbocycles. The van der Waals surface area contributed by atoms with E-state index in [4.69, 9.17) is 12.2 Å². The van der Waals surface area contributed by atoms with Crippen LogP contribution in [-0.2, 0) is 9.53 Å². The number of hydrogen-bond donors (Lipinski definition) is 3. The molecule has 0 atom stereocenters. The molecule has 3 N–H and O–H groups in total. The lowest BCUT2D eigenvalue weighted by Gasteiger charge is -2.08. The van der Waals surface area contributed by atoms with Crippen molar-refractivity contribution < 1.29 is 14.3 Å². The summed E-state index contributed by atoms with van der Waals surface area (Å²) in [5, 5.41) is 2.33. The van der Waals surface area contributed by atoms with Crippen LogP contribution in [0.1, 0.15) is 11.1 Å². The molecule has 0 fully saturated rings. The molecule has 0 saturated heterocycles. The number of thiocarbonyl (C=S) groups is 1. The van der Waals surface area contributed by atoms with Gasteiger partial charge in [0, 0.05) is 6.08 Å². The minimum Gasteiger partial charge on any atom is -0.452 e. The van der Waals surface area contributed by atoms with Crippen molar-refractivity contribution in [3.63, 3.8) is 0 Å². The molecule has 1 aromatic rings. The lowest BCUT2D eigenvalue weighted by molar-refractivity contribution is -0.115. The Bertz CT molecular complexity index is 526. The minimum absolute atomic E-state index is 0.0334. The average Bonchev–Trinajstić information content (AvgIpc) is 2.44. The molecule has 1 rings (SSSR count). The van der Waals surface area contributed by atoms with Gasteiger partial charge in [-0.15, -0.1) is 0 Å². The second-order valence-electron chi connectivity index (χ2n) is 3.80. The standard InChI is InChI=1S/C13H15N3O3S/c1-9-3-5-10(6-4-9)7-8-11(17)14-12(20)15-16-13(18)19-2/h3-8H,1-2H3,(H,16,18)(H2,14,15,17,20)/b8-7+. The van der Waals surface area contributed by atoms with Gasteiger partial charge in [-0.25, -0.2) is 10.2 Å². The number of carbonyl (C=O) groups is 2. The summed E-state index contributed by atoms with van der Waals surface area (Å²) in [4.78, 5) is 22.3. The van der Waals surface area contributed by atoms with E-state index < -0.39 is 12.0 Å². The molecule has 0 saturated carbocycles. The number of ether oxygens (including phenoxy) is 1. The first kappa shape index (κ1) is 15.6. The maximum Gasteiger partial charge on any atom is 0.425 e. The molecule has 0 heterocycles. The Labute approximate surface area is 122 Å². The summed E-state index contributed by atoms with van der Waals surface area (Å²) in [5.74, 6) is -0.408. The second kappa shape index (κ2) is 7.90. The van der Waals surface area contributed by atoms with Gasteiger partial charge in [-0.2, -0.15) is 0 Å². The third-order valence-electron chi connectivity index (χ3n) is 2.20. The normalized spacial score (nSPS) is 9.90. The van der Waals surface area contributed by atoms with Gasteiger partial charge in [0.15, 0.2) is 5.11 Å². The molecular formula is C13H15N3O3S. The third kappa shape index (κ3) is 5.96. The molecule has 0 unspecified atom stereocenters. The smallest absolute Gasteiger partial charge is 0.425 e. The molecule has 0 radical (unpaired) electrons. The maximum absolute atomic E-state index is 11.5. The zero-order valence-electron chi connectivity index (χ0n) is 11.1. The summed E-state index contributed by atoms with van der Waals surface area (Å²) in [6.45, 7) is 1.98. The van der Waals surface area contributed by atoms with Gasteiger partial charge in [0.2, 0.25) is 5.91 Å². The summed E-state index contributed by atoms with van der Waals surface area (Å²) >= 11 is 4.80. The van der Waals surface area contributed by atoms with Crippen molar-refractivity contribution in [3.05, 3.63) is 41.5 Å². The van der Waals surface area contributed by atoms with Gasteiger partial charge < -0.3 is 4.74 Å². The number of hydrazine groups is 1. The van der Waals surface area contributed by atoms with E-state index in [1.807, 2.05) is 31.2 Å². The highest BCUT2D eigenvalue weighted by Gasteiger charge is 2.02. The Morgan fingerprint density at radius 3 is 2.45 bits per heavy atom. The predicted octanol–water partition coefficient (Wildman–Crippen LogP) is 1.27. The van der Waals surface area contributed by atoms with Crippen LogP contribution in [0.25, 0.3) is 6.08 Å². The number of amides is 2. The molecule has 0 bridgehead atoms. The molecular weight excluding hydrogens is 278 g/mol. The number of carbonyl (C=O) groups excluding carboxylic acids is 2. The topological polar surface area (TPSA) is 79.5 Å². The van der Waals surface area contributed by atoms with E-state index >= 15 is 0 Å². The summed E-state index contributed by atoms with van der Waals surface area (Å²) in [6, 6.07) is 7.69. The van der Waals surface area contributed by atoms with Crippen LogP contribution >= 0.6 is 12.2 Å². The molecule has 0 aromatic heterocycles. The van der Waals surface area contributed by atoms with E-state index in [0.29, 0.717) is 0 Å². The fraction of sp³-hybridized carbons (Fsp3) is 0.154. The monoisotopic (exact) mass is 293 g/mol. The molecule has 0 aliphatic heterocycles. The van der Waals surface area contributed by atoms with Crippen molar-refractivity contribution in [2.24, 2.45) is 0 Å². The molecule has 20 heavy (non-hydrogen) atoms. The molecule has 0 aliphatic rings. The average molecular weight is 293 g/mol. The van der Waals surface area contributed by atoms with Crippen LogP contribution in [0.4, 0.5) is 4.79 Å². The molecule has 0 spiro atoms. The van der Waals surface area contributed by atoms with E-state index in [-0.39, 0.29) is 5.11 Å². The summed E-state index contributed by atoms with van der Waals surface area (Å²) < 4.78 is 4.32. The van der Waals surface area contributed by atoms with Crippen LogP contribution in [0.15, 0.2) is 30.3 Å². The van der Waals surface area contributed by atoms with Gasteiger partial charge in [-0.3, -0.25) is 15.5 Å². The van der Waals surface area contributed by atoms with Crippen LogP contribution in [-0.4, -0.2) is 24.2 Å². The van der Waals surface area contributed by atoms with Crippen LogP contribution in [0.2, 0.25) is 0 Å². The van der Waals surface area contributed by atoms with Gasteiger partial charge in [0.05, 0.1) is 7.11 Å². The van der Waals surface area contributed by atoms with Crippen molar-refractivity contribution in [2.75, 3.05) is 7.11 Å². The van der Waals surface area contributed by atoms with Crippen LogP contribution in [0, 0.1) is 6.92 Å². The van der Waals surface area contributed by atoms with Gasteiger partial charge >= 0.3 is 6.09 Å². The SMILES string of the molecule is COC(=O)NNC(=S)NC(=O)/C=C/c1ccc(C)cc1. The fourth-order valence-electron chi connectivity index (χ4n) is 1.19. The summed E-state index contributed by atoms with van der Waals surface area (Å²) in [7, 11) is 1.21. The van der Waals surface area contributed by atoms with Crippen molar-refractivity contribution in [1.82, 2.24) is 16.2 Å². The number of hydrogen-bond acceptors (Lipinski definition) is 4. The van der Waals surface area contributed by atoms with Crippen molar-refractivity contribution in [3.8, 4) is 0 Å². The Morgan fingerprint density at radius 2 is 1.85 bits per heavy atom. The first-order valence-corrected chi connectivity index (χ1v) is 6.12. The molecule has 6 nitrogen and oxygen atoms in total. The Kier molecular flexibility index (Phi) is 6.18. The lowest BCUT2D eigenvalue weighted by Crippen LogP contribution is -2.48. The highest BCUT2D eigenvalue weighted by atomic mass is 32.1. The first-order valence-electron chi connectivity index (χ1n) is 5.71. The summed E-state index contributed by atoms with van der Waals surface area (Å²) in [6.07, 6.45) is 2.29. The summed E-state index contributed by atoms with van der Waals surface area (Å²) in [5.41, 5.74) is 6.48.